The monoisotopic (exact) mass is 446 g/mol. The molecule has 10 heteroatoms. The number of nitrogens with one attached hydrogen (secondary N) is 1. The number of rotatable bonds is 4. The van der Waals surface area contributed by atoms with Gasteiger partial charge in [0.25, 0.3) is 5.91 Å². The summed E-state index contributed by atoms with van der Waals surface area (Å²) in [6.45, 7) is -2.68. The van der Waals surface area contributed by atoms with Gasteiger partial charge in [0.2, 0.25) is 0 Å². The van der Waals surface area contributed by atoms with Crippen LogP contribution in [0.3, 0.4) is 0 Å². The number of hydrogen-bond donors (Lipinski definition) is 3. The normalized spacial score (nSPS) is 14.0. The van der Waals surface area contributed by atoms with Crippen LogP contribution in [0, 0.1) is 18.5 Å². The molecule has 7 nitrogen and oxygen atoms in total. The molecule has 4 aromatic rings. The van der Waals surface area contributed by atoms with Gasteiger partial charge in [0.1, 0.15) is 39.6 Å². The number of aliphatic hydroxyl groups excluding tert-OH is 1. The molecule has 0 bridgehead atoms. The number of nitrogens with two attached hydrogens (primary N) is 1. The molecule has 0 aliphatic rings. The Labute approximate surface area is 184 Å². The lowest BCUT2D eigenvalue weighted by atomic mass is 10.1. The predicted octanol–water partition coefficient (Wildman–Crippen LogP) is 3.89. The number of nitrogen functional groups attached to an aromatic ring is 1. The van der Waals surface area contributed by atoms with Crippen LogP contribution in [0.25, 0.3) is 16.8 Å². The zero-order valence-electron chi connectivity index (χ0n) is 18.6. The molecule has 0 saturated heterocycles. The number of nitrogens with zero attached hydrogens (tertiary/aromatic N) is 3. The van der Waals surface area contributed by atoms with Crippen LogP contribution < -0.4 is 11.1 Å². The number of anilines is 2. The van der Waals surface area contributed by atoms with E-state index in [0.717, 1.165) is 28.8 Å². The molecule has 1 atom stereocenters. The molecule has 2 heterocycles. The number of benzene rings is 2. The number of amides is 1. The van der Waals surface area contributed by atoms with Crippen LogP contribution in [0.5, 0.6) is 0 Å². The molecule has 0 radical (unpaired) electrons. The number of aryl methyl sites for hydroxylation is 1. The molecule has 4 N–H and O–H groups in total. The average Bonchev–Trinajstić information content (AvgIpc) is 3.18. The predicted molar refractivity (Wildman–Crippen MR) is 113 cm³/mol. The smallest absolute Gasteiger partial charge is 0.257 e. The summed E-state index contributed by atoms with van der Waals surface area (Å²) < 4.78 is 52.7. The Morgan fingerprint density at radius 2 is 2.13 bits per heavy atom. The highest BCUT2D eigenvalue weighted by Crippen LogP contribution is 2.33. The Balaban J connectivity index is 1.71. The first-order valence-corrected chi connectivity index (χ1v) is 9.22. The van der Waals surface area contributed by atoms with Crippen LogP contribution >= 0.6 is 11.6 Å². The average molecular weight is 447 g/mol. The van der Waals surface area contributed by atoms with Gasteiger partial charge in [0, 0.05) is 15.4 Å². The second kappa shape index (κ2) is 7.93. The van der Waals surface area contributed by atoms with E-state index in [4.69, 9.17) is 21.4 Å². The highest BCUT2D eigenvalue weighted by Gasteiger charge is 2.21. The molecule has 0 unspecified atom stereocenters. The van der Waals surface area contributed by atoms with E-state index in [-0.39, 0.29) is 39.0 Å². The number of fused-ring (bicyclic) bond motifs is 1. The van der Waals surface area contributed by atoms with Gasteiger partial charge in [-0.1, -0.05) is 23.7 Å². The standard InChI is InChI=1S/C21H16ClF2N5O2/c1-10-27-17(18-20(25)26-9-16(22)29(10)18)14-6-5-13(8-15(14)24)28-21(31)19(30)11-3-2-4-12(23)7-11/h2-9,19,30H,1H3,(H2,25,26)(H,28,31)/t19-/m1/s1/i1D3. The molecular formula is C21H16ClF2N5O2. The summed E-state index contributed by atoms with van der Waals surface area (Å²) in [5, 5.41) is 12.4. The second-order valence-electron chi connectivity index (χ2n) is 6.58. The van der Waals surface area contributed by atoms with Crippen molar-refractivity contribution in [2.75, 3.05) is 11.1 Å². The van der Waals surface area contributed by atoms with E-state index in [1.807, 2.05) is 0 Å². The Morgan fingerprint density at radius 1 is 1.32 bits per heavy atom. The summed E-state index contributed by atoms with van der Waals surface area (Å²) in [6.07, 6.45) is -0.533. The molecule has 2 aromatic carbocycles. The van der Waals surface area contributed by atoms with Crippen molar-refractivity contribution in [3.63, 3.8) is 0 Å². The molecule has 0 saturated carbocycles. The molecule has 4 rings (SSSR count). The lowest BCUT2D eigenvalue weighted by Gasteiger charge is -2.12. The quantitative estimate of drug-likeness (QED) is 0.441. The van der Waals surface area contributed by atoms with Crippen molar-refractivity contribution in [3.05, 3.63) is 76.8 Å². The fourth-order valence-electron chi connectivity index (χ4n) is 3.12. The van der Waals surface area contributed by atoms with E-state index in [1.54, 1.807) is 0 Å². The maximum Gasteiger partial charge on any atom is 0.257 e. The Kier molecular flexibility index (Phi) is 4.39. The minimum atomic E-state index is -2.68. The molecule has 0 fully saturated rings. The second-order valence-corrected chi connectivity index (χ2v) is 6.96. The minimum absolute atomic E-state index is 0.00890. The minimum Gasteiger partial charge on any atom is -0.382 e. The zero-order chi connectivity index (χ0) is 24.8. The first-order valence-electron chi connectivity index (χ1n) is 10.3. The van der Waals surface area contributed by atoms with Gasteiger partial charge in [-0.2, -0.15) is 0 Å². The van der Waals surface area contributed by atoms with Gasteiger partial charge in [0.05, 0.1) is 6.20 Å². The lowest BCUT2D eigenvalue weighted by Crippen LogP contribution is -2.21. The number of hydrogen-bond acceptors (Lipinski definition) is 5. The van der Waals surface area contributed by atoms with Gasteiger partial charge < -0.3 is 16.2 Å². The summed E-state index contributed by atoms with van der Waals surface area (Å²) in [7, 11) is 0. The summed E-state index contributed by atoms with van der Waals surface area (Å²) in [6, 6.07) is 8.41. The highest BCUT2D eigenvalue weighted by atomic mass is 35.5. The topological polar surface area (TPSA) is 106 Å². The molecule has 2 aromatic heterocycles. The number of aliphatic hydroxyl groups is 1. The summed E-state index contributed by atoms with van der Waals surface area (Å²) >= 11 is 6.12. The van der Waals surface area contributed by atoms with E-state index < -0.39 is 36.3 Å². The van der Waals surface area contributed by atoms with Crippen LogP contribution in [-0.2, 0) is 4.79 Å². The number of carbonyl (C=O) groups is 1. The Hall–Kier alpha value is -3.56. The van der Waals surface area contributed by atoms with Crippen molar-refractivity contribution in [3.8, 4) is 11.3 Å². The van der Waals surface area contributed by atoms with Crippen LogP contribution in [0.1, 0.15) is 21.6 Å². The largest absolute Gasteiger partial charge is 0.382 e. The molecule has 158 valence electrons. The molecule has 0 spiro atoms. The lowest BCUT2D eigenvalue weighted by molar-refractivity contribution is -0.124. The first kappa shape index (κ1) is 17.2. The maximum atomic E-state index is 15.1. The Morgan fingerprint density at radius 3 is 2.84 bits per heavy atom. The van der Waals surface area contributed by atoms with Crippen LogP contribution in [0.15, 0.2) is 48.7 Å². The van der Waals surface area contributed by atoms with Crippen LogP contribution in [0.4, 0.5) is 20.3 Å². The third-order valence-corrected chi connectivity index (χ3v) is 4.81. The number of halogens is 3. The van der Waals surface area contributed by atoms with Crippen molar-refractivity contribution >= 4 is 34.5 Å². The van der Waals surface area contributed by atoms with Crippen molar-refractivity contribution in [2.24, 2.45) is 0 Å². The third-order valence-electron chi connectivity index (χ3n) is 4.55. The van der Waals surface area contributed by atoms with Crippen molar-refractivity contribution in [1.29, 1.82) is 0 Å². The maximum absolute atomic E-state index is 15.1. The summed E-state index contributed by atoms with van der Waals surface area (Å²) in [5.41, 5.74) is 5.72. The van der Waals surface area contributed by atoms with E-state index in [0.29, 0.717) is 0 Å². The molecule has 0 aliphatic carbocycles. The zero-order valence-corrected chi connectivity index (χ0v) is 16.4. The van der Waals surface area contributed by atoms with Gasteiger partial charge in [0.15, 0.2) is 6.10 Å². The van der Waals surface area contributed by atoms with Crippen molar-refractivity contribution < 1.29 is 22.8 Å². The van der Waals surface area contributed by atoms with Gasteiger partial charge in [-0.3, -0.25) is 9.20 Å². The van der Waals surface area contributed by atoms with E-state index in [1.165, 1.54) is 24.3 Å². The van der Waals surface area contributed by atoms with Gasteiger partial charge >= 0.3 is 0 Å². The van der Waals surface area contributed by atoms with Crippen molar-refractivity contribution in [2.45, 2.75) is 13.0 Å². The number of carbonyl (C=O) groups excluding carboxylic acids is 1. The van der Waals surface area contributed by atoms with E-state index in [9.17, 15) is 14.3 Å². The SMILES string of the molecule is [2H]C([2H])([2H])c1nc(-c2ccc(NC(=O)[C@H](O)c3cccc(F)c3)cc2F)c2c(N)ncc(Cl)n12. The van der Waals surface area contributed by atoms with Gasteiger partial charge in [-0.05, 0) is 42.7 Å². The summed E-state index contributed by atoms with van der Waals surface area (Å²) in [4.78, 5) is 20.3. The highest BCUT2D eigenvalue weighted by molar-refractivity contribution is 6.29. The fraction of sp³-hybridized carbons (Fsp3) is 0.0952. The molecule has 1 amide bonds. The number of aromatic nitrogens is 3. The van der Waals surface area contributed by atoms with Crippen LogP contribution in [-0.4, -0.2) is 25.4 Å². The van der Waals surface area contributed by atoms with Gasteiger partial charge in [-0.15, -0.1) is 0 Å². The summed E-state index contributed by atoms with van der Waals surface area (Å²) in [5.74, 6) is -2.94. The fourth-order valence-corrected chi connectivity index (χ4v) is 3.33. The molecule has 31 heavy (non-hydrogen) atoms. The third kappa shape index (κ3) is 3.80. The van der Waals surface area contributed by atoms with Crippen LogP contribution in [0.2, 0.25) is 5.15 Å². The molecule has 0 aliphatic heterocycles. The van der Waals surface area contributed by atoms with E-state index >= 15 is 4.39 Å². The Bertz CT molecular complexity index is 1430. The van der Waals surface area contributed by atoms with Crippen molar-refractivity contribution in [1.82, 2.24) is 14.4 Å². The van der Waals surface area contributed by atoms with Gasteiger partial charge in [-0.25, -0.2) is 18.7 Å². The van der Waals surface area contributed by atoms with E-state index in [2.05, 4.69) is 15.3 Å². The number of imidazole rings is 1. The first-order chi connectivity index (χ1) is 16.0. The molecular weight excluding hydrogens is 428 g/mol.